The van der Waals surface area contributed by atoms with Crippen molar-refractivity contribution in [3.63, 3.8) is 0 Å². The first-order valence-corrected chi connectivity index (χ1v) is 5.89. The molecule has 1 aromatic carbocycles. The third-order valence-electron chi connectivity index (χ3n) is 2.73. The van der Waals surface area contributed by atoms with Crippen LogP contribution < -0.4 is 10.1 Å². The van der Waals surface area contributed by atoms with Crippen molar-refractivity contribution in [2.45, 2.75) is 12.7 Å². The van der Waals surface area contributed by atoms with E-state index in [4.69, 9.17) is 4.74 Å². The Labute approximate surface area is 114 Å². The zero-order valence-electron chi connectivity index (χ0n) is 10.7. The van der Waals surface area contributed by atoms with Crippen LogP contribution in [0.25, 0.3) is 0 Å². The summed E-state index contributed by atoms with van der Waals surface area (Å²) < 4.78 is 42.8. The van der Waals surface area contributed by atoms with Crippen LogP contribution in [0, 0.1) is 0 Å². The summed E-state index contributed by atoms with van der Waals surface area (Å²) in [6.45, 7) is 0.366. The van der Waals surface area contributed by atoms with Crippen LogP contribution in [0.3, 0.4) is 0 Å². The first-order chi connectivity index (χ1) is 9.50. The molecule has 3 nitrogen and oxygen atoms in total. The summed E-state index contributed by atoms with van der Waals surface area (Å²) in [6, 6.07) is 9.78. The molecule has 0 aliphatic carbocycles. The quantitative estimate of drug-likeness (QED) is 0.928. The number of rotatable bonds is 4. The monoisotopic (exact) mass is 282 g/mol. The lowest BCUT2D eigenvalue weighted by molar-refractivity contribution is -0.141. The van der Waals surface area contributed by atoms with Crippen molar-refractivity contribution in [1.29, 1.82) is 0 Å². The second-order valence-electron chi connectivity index (χ2n) is 4.09. The van der Waals surface area contributed by atoms with Crippen LogP contribution in [0.4, 0.5) is 18.9 Å². The Morgan fingerprint density at radius 1 is 1.20 bits per heavy atom. The highest BCUT2D eigenvalue weighted by Gasteiger charge is 2.32. The number of nitrogens with one attached hydrogen (secondary N) is 1. The number of alkyl halides is 3. The molecule has 1 N–H and O–H groups in total. The molecule has 0 fully saturated rings. The maximum Gasteiger partial charge on any atom is 0.433 e. The second kappa shape index (κ2) is 5.81. The van der Waals surface area contributed by atoms with Gasteiger partial charge in [-0.05, 0) is 18.2 Å². The molecule has 2 aromatic rings. The smallest absolute Gasteiger partial charge is 0.433 e. The molecule has 0 aliphatic rings. The Bertz CT molecular complexity index is 585. The molecule has 106 valence electrons. The van der Waals surface area contributed by atoms with Crippen molar-refractivity contribution < 1.29 is 17.9 Å². The van der Waals surface area contributed by atoms with Gasteiger partial charge in [0.1, 0.15) is 11.4 Å². The fourth-order valence-electron chi connectivity index (χ4n) is 1.74. The number of pyridine rings is 1. The Kier molecular flexibility index (Phi) is 4.12. The average Bonchev–Trinajstić information content (AvgIpc) is 2.45. The van der Waals surface area contributed by atoms with E-state index in [2.05, 4.69) is 10.3 Å². The Morgan fingerprint density at radius 2 is 1.95 bits per heavy atom. The van der Waals surface area contributed by atoms with Crippen molar-refractivity contribution in [1.82, 2.24) is 4.98 Å². The third kappa shape index (κ3) is 3.40. The van der Waals surface area contributed by atoms with Crippen molar-refractivity contribution in [3.05, 3.63) is 53.9 Å². The maximum atomic E-state index is 12.5. The summed E-state index contributed by atoms with van der Waals surface area (Å²) in [6.07, 6.45) is -3.31. The summed E-state index contributed by atoms with van der Waals surface area (Å²) in [4.78, 5) is 3.31. The maximum absolute atomic E-state index is 12.5. The minimum absolute atomic E-state index is 0.359. The zero-order valence-corrected chi connectivity index (χ0v) is 10.7. The van der Waals surface area contributed by atoms with Gasteiger partial charge in [0.05, 0.1) is 7.11 Å². The molecule has 0 amide bonds. The Morgan fingerprint density at radius 3 is 2.65 bits per heavy atom. The van der Waals surface area contributed by atoms with Gasteiger partial charge in [-0.3, -0.25) is 4.98 Å². The van der Waals surface area contributed by atoms with Gasteiger partial charge < -0.3 is 10.1 Å². The van der Waals surface area contributed by atoms with Crippen LogP contribution in [0.15, 0.2) is 42.6 Å². The molecule has 1 aromatic heterocycles. The number of hydrogen-bond acceptors (Lipinski definition) is 3. The number of aromatic nitrogens is 1. The van der Waals surface area contributed by atoms with E-state index in [0.29, 0.717) is 18.0 Å². The van der Waals surface area contributed by atoms with E-state index in [1.54, 1.807) is 13.2 Å². The van der Waals surface area contributed by atoms with E-state index in [-0.39, 0.29) is 0 Å². The normalized spacial score (nSPS) is 11.2. The predicted molar refractivity (Wildman–Crippen MR) is 69.6 cm³/mol. The van der Waals surface area contributed by atoms with Gasteiger partial charge in [-0.25, -0.2) is 0 Å². The molecule has 2 rings (SSSR count). The fourth-order valence-corrected chi connectivity index (χ4v) is 1.74. The highest BCUT2D eigenvalue weighted by atomic mass is 19.4. The van der Waals surface area contributed by atoms with Crippen LogP contribution in [-0.2, 0) is 12.7 Å². The predicted octanol–water partition coefficient (Wildman–Crippen LogP) is 3.72. The molecule has 0 atom stereocenters. The molecule has 0 unspecified atom stereocenters. The summed E-state index contributed by atoms with van der Waals surface area (Å²) in [7, 11) is 1.55. The molecule has 20 heavy (non-hydrogen) atoms. The highest BCUT2D eigenvalue weighted by Crippen LogP contribution is 2.29. The first kappa shape index (κ1) is 14.2. The summed E-state index contributed by atoms with van der Waals surface area (Å²) in [5, 5.41) is 2.93. The Balaban J connectivity index is 2.11. The van der Waals surface area contributed by atoms with Gasteiger partial charge in [0.25, 0.3) is 0 Å². The number of nitrogens with zero attached hydrogens (tertiary/aromatic N) is 1. The third-order valence-corrected chi connectivity index (χ3v) is 2.73. The average molecular weight is 282 g/mol. The molecule has 6 heteroatoms. The van der Waals surface area contributed by atoms with E-state index < -0.39 is 11.9 Å². The molecule has 0 bridgehead atoms. The first-order valence-electron chi connectivity index (χ1n) is 5.89. The molecular weight excluding hydrogens is 269 g/mol. The minimum Gasteiger partial charge on any atom is -0.496 e. The lowest BCUT2D eigenvalue weighted by atomic mass is 10.2. The van der Waals surface area contributed by atoms with Gasteiger partial charge >= 0.3 is 6.18 Å². The number of anilines is 1. The minimum atomic E-state index is -4.44. The number of hydrogen-bond donors (Lipinski definition) is 1. The van der Waals surface area contributed by atoms with Crippen LogP contribution in [-0.4, -0.2) is 12.1 Å². The van der Waals surface area contributed by atoms with Crippen LogP contribution in [0.5, 0.6) is 5.75 Å². The molecule has 0 radical (unpaired) electrons. The number of ether oxygens (including phenoxy) is 1. The fraction of sp³-hybridized carbons (Fsp3) is 0.214. The number of benzene rings is 1. The van der Waals surface area contributed by atoms with Gasteiger partial charge in [0, 0.05) is 24.0 Å². The van der Waals surface area contributed by atoms with Crippen LogP contribution >= 0.6 is 0 Å². The molecule has 0 aliphatic heterocycles. The highest BCUT2D eigenvalue weighted by molar-refractivity contribution is 5.46. The van der Waals surface area contributed by atoms with Crippen LogP contribution in [0.2, 0.25) is 0 Å². The Hall–Kier alpha value is -2.24. The van der Waals surface area contributed by atoms with E-state index in [9.17, 15) is 13.2 Å². The lowest BCUT2D eigenvalue weighted by Crippen LogP contribution is -2.09. The SMILES string of the molecule is COc1ccccc1CNc1ccnc(C(F)(F)F)c1. The van der Waals surface area contributed by atoms with E-state index >= 15 is 0 Å². The van der Waals surface area contributed by atoms with Gasteiger partial charge in [-0.2, -0.15) is 13.2 Å². The molecule has 0 spiro atoms. The topological polar surface area (TPSA) is 34.1 Å². The second-order valence-corrected chi connectivity index (χ2v) is 4.09. The molecule has 0 saturated carbocycles. The summed E-state index contributed by atoms with van der Waals surface area (Å²) in [5.41, 5.74) is 0.307. The number of halogens is 3. The zero-order chi connectivity index (χ0) is 14.6. The number of para-hydroxylation sites is 1. The van der Waals surface area contributed by atoms with Crippen molar-refractivity contribution in [3.8, 4) is 5.75 Å². The summed E-state index contributed by atoms with van der Waals surface area (Å²) >= 11 is 0. The van der Waals surface area contributed by atoms with Crippen molar-refractivity contribution in [2.24, 2.45) is 0 Å². The van der Waals surface area contributed by atoms with Crippen LogP contribution in [0.1, 0.15) is 11.3 Å². The molecule has 0 saturated heterocycles. The van der Waals surface area contributed by atoms with Gasteiger partial charge in [-0.1, -0.05) is 18.2 Å². The van der Waals surface area contributed by atoms with E-state index in [1.165, 1.54) is 6.07 Å². The molecule has 1 heterocycles. The van der Waals surface area contributed by atoms with Crippen molar-refractivity contribution in [2.75, 3.05) is 12.4 Å². The van der Waals surface area contributed by atoms with Gasteiger partial charge in [-0.15, -0.1) is 0 Å². The summed E-state index contributed by atoms with van der Waals surface area (Å²) in [5.74, 6) is 0.685. The number of methoxy groups -OCH3 is 1. The van der Waals surface area contributed by atoms with E-state index in [1.807, 2.05) is 18.2 Å². The standard InChI is InChI=1S/C14H13F3N2O/c1-20-12-5-3-2-4-10(12)9-19-11-6-7-18-13(8-11)14(15,16)17/h2-8H,9H2,1H3,(H,18,19). The largest absolute Gasteiger partial charge is 0.496 e. The van der Waals surface area contributed by atoms with Gasteiger partial charge in [0.2, 0.25) is 0 Å². The van der Waals surface area contributed by atoms with Gasteiger partial charge in [0.15, 0.2) is 0 Å². The molecular formula is C14H13F3N2O. The lowest BCUT2D eigenvalue weighted by Gasteiger charge is -2.12. The van der Waals surface area contributed by atoms with E-state index in [0.717, 1.165) is 17.8 Å². The van der Waals surface area contributed by atoms with Crippen molar-refractivity contribution >= 4 is 5.69 Å².